The van der Waals surface area contributed by atoms with E-state index < -0.39 is 6.10 Å². The van der Waals surface area contributed by atoms with Crippen LogP contribution in [0.4, 0.5) is 5.69 Å². The smallest absolute Gasteiger partial charge is 0.265 e. The van der Waals surface area contributed by atoms with Gasteiger partial charge in [0, 0.05) is 27.8 Å². The number of fused-ring (bicyclic) bond motifs is 1. The molecule has 1 aromatic heterocycles. The number of aromatic nitrogens is 1. The second-order valence-electron chi connectivity index (χ2n) is 7.50. The number of benzene rings is 3. The molecule has 6 heteroatoms. The van der Waals surface area contributed by atoms with Crippen LogP contribution < -0.4 is 15.5 Å². The van der Waals surface area contributed by atoms with Gasteiger partial charge in [-0.05, 0) is 49.7 Å². The Morgan fingerprint density at radius 1 is 1.03 bits per heavy atom. The van der Waals surface area contributed by atoms with Crippen molar-refractivity contribution in [3.8, 4) is 5.75 Å². The maximum atomic E-state index is 12.7. The molecule has 0 fully saturated rings. The van der Waals surface area contributed by atoms with Crippen LogP contribution in [0.15, 0.2) is 88.6 Å². The Balaban J connectivity index is 1.47. The van der Waals surface area contributed by atoms with Crippen LogP contribution in [-0.2, 0) is 10.5 Å². The summed E-state index contributed by atoms with van der Waals surface area (Å²) in [5.41, 5.74) is 3.45. The quantitative estimate of drug-likeness (QED) is 0.368. The Labute approximate surface area is 190 Å². The first-order valence-electron chi connectivity index (χ1n) is 10.4. The molecule has 4 rings (SSSR count). The van der Waals surface area contributed by atoms with Crippen molar-refractivity contribution in [3.05, 3.63) is 100 Å². The molecule has 0 aliphatic rings. The van der Waals surface area contributed by atoms with Crippen LogP contribution in [0.1, 0.15) is 18.2 Å². The number of nitrogens with one attached hydrogen (secondary N) is 2. The second kappa shape index (κ2) is 9.75. The fourth-order valence-corrected chi connectivity index (χ4v) is 4.31. The van der Waals surface area contributed by atoms with Gasteiger partial charge in [0.2, 0.25) is 0 Å². The minimum atomic E-state index is -0.643. The fourth-order valence-electron chi connectivity index (χ4n) is 3.39. The molecule has 0 unspecified atom stereocenters. The number of H-pyrrole nitrogens is 1. The number of carbonyl (C=O) groups is 1. The molecule has 0 radical (unpaired) electrons. The van der Waals surface area contributed by atoms with Gasteiger partial charge in [-0.25, -0.2) is 0 Å². The summed E-state index contributed by atoms with van der Waals surface area (Å²) in [5.74, 6) is 0.993. The number of pyridine rings is 1. The summed E-state index contributed by atoms with van der Waals surface area (Å²) in [6.07, 6.45) is -0.643. The van der Waals surface area contributed by atoms with E-state index in [1.54, 1.807) is 24.8 Å². The van der Waals surface area contributed by atoms with Crippen LogP contribution in [-0.4, -0.2) is 17.0 Å². The molecule has 0 spiro atoms. The average molecular weight is 445 g/mol. The van der Waals surface area contributed by atoms with Gasteiger partial charge in [-0.2, -0.15) is 0 Å². The number of amides is 1. The number of aryl methyl sites for hydroxylation is 1. The molecular weight excluding hydrogens is 420 g/mol. The highest BCUT2D eigenvalue weighted by atomic mass is 32.2. The molecule has 32 heavy (non-hydrogen) atoms. The predicted octanol–water partition coefficient (Wildman–Crippen LogP) is 5.53. The number of thioether (sulfide) groups is 1. The first-order chi connectivity index (χ1) is 15.5. The summed E-state index contributed by atoms with van der Waals surface area (Å²) in [6.45, 7) is 3.71. The maximum absolute atomic E-state index is 12.7. The van der Waals surface area contributed by atoms with Gasteiger partial charge in [0.1, 0.15) is 5.75 Å². The van der Waals surface area contributed by atoms with Gasteiger partial charge < -0.3 is 15.0 Å². The first kappa shape index (κ1) is 21.7. The Morgan fingerprint density at radius 3 is 2.59 bits per heavy atom. The average Bonchev–Trinajstić information content (AvgIpc) is 2.80. The molecule has 2 N–H and O–H groups in total. The van der Waals surface area contributed by atoms with E-state index in [1.807, 2.05) is 79.7 Å². The van der Waals surface area contributed by atoms with Crippen molar-refractivity contribution in [1.82, 2.24) is 4.98 Å². The predicted molar refractivity (Wildman–Crippen MR) is 130 cm³/mol. The van der Waals surface area contributed by atoms with Crippen LogP contribution >= 0.6 is 11.8 Å². The van der Waals surface area contributed by atoms with Crippen LogP contribution in [0.25, 0.3) is 10.9 Å². The number of hydrogen-bond donors (Lipinski definition) is 2. The molecule has 1 amide bonds. The van der Waals surface area contributed by atoms with E-state index in [0.717, 1.165) is 21.7 Å². The normalized spacial score (nSPS) is 11.8. The number of para-hydroxylation sites is 3. The Kier molecular flexibility index (Phi) is 6.61. The molecule has 0 saturated carbocycles. The van der Waals surface area contributed by atoms with Crippen LogP contribution in [0.5, 0.6) is 5.75 Å². The van der Waals surface area contributed by atoms with E-state index in [0.29, 0.717) is 22.6 Å². The highest BCUT2D eigenvalue weighted by molar-refractivity contribution is 7.98. The molecule has 1 atom stereocenters. The standard InChI is InChI=1S/C26H24N2O3S/c1-17-9-8-12-21-23(29)15-19(27-25(17)21)16-32-24-14-7-6-13-22(24)28-26(30)18(2)31-20-10-4-3-5-11-20/h3-15,18H,16H2,1-2H3,(H,27,29)(H,28,30)/t18-/m0/s1. The zero-order chi connectivity index (χ0) is 22.5. The van der Waals surface area contributed by atoms with Crippen molar-refractivity contribution in [2.24, 2.45) is 0 Å². The zero-order valence-electron chi connectivity index (χ0n) is 17.9. The first-order valence-corrected chi connectivity index (χ1v) is 11.4. The Hall–Kier alpha value is -3.51. The van der Waals surface area contributed by atoms with Crippen molar-refractivity contribution in [2.75, 3.05) is 5.32 Å². The third-order valence-corrected chi connectivity index (χ3v) is 6.20. The SMILES string of the molecule is Cc1cccc2c(=O)cc(CSc3ccccc3NC(=O)[C@H](C)Oc3ccccc3)[nH]c12. The van der Waals surface area contributed by atoms with Crippen molar-refractivity contribution >= 4 is 34.3 Å². The lowest BCUT2D eigenvalue weighted by Crippen LogP contribution is -2.30. The lowest BCUT2D eigenvalue weighted by molar-refractivity contribution is -0.122. The number of rotatable bonds is 7. The minimum Gasteiger partial charge on any atom is -0.481 e. The molecule has 0 aliphatic heterocycles. The lowest BCUT2D eigenvalue weighted by Gasteiger charge is -2.16. The Bertz CT molecular complexity index is 1300. The number of aromatic amines is 1. The summed E-state index contributed by atoms with van der Waals surface area (Å²) < 4.78 is 5.72. The number of hydrogen-bond acceptors (Lipinski definition) is 4. The summed E-state index contributed by atoms with van der Waals surface area (Å²) in [6, 6.07) is 24.2. The largest absolute Gasteiger partial charge is 0.481 e. The van der Waals surface area contributed by atoms with Crippen LogP contribution in [0.3, 0.4) is 0 Å². The van der Waals surface area contributed by atoms with Crippen molar-refractivity contribution < 1.29 is 9.53 Å². The van der Waals surface area contributed by atoms with Gasteiger partial charge in [0.15, 0.2) is 11.5 Å². The maximum Gasteiger partial charge on any atom is 0.265 e. The summed E-state index contributed by atoms with van der Waals surface area (Å²) in [7, 11) is 0. The Morgan fingerprint density at radius 2 is 1.78 bits per heavy atom. The fraction of sp³-hybridized carbons (Fsp3) is 0.154. The number of ether oxygens (including phenoxy) is 1. The van der Waals surface area contributed by atoms with Gasteiger partial charge in [-0.15, -0.1) is 11.8 Å². The molecule has 162 valence electrons. The van der Waals surface area contributed by atoms with E-state index >= 15 is 0 Å². The third-order valence-electron chi connectivity index (χ3n) is 5.08. The van der Waals surface area contributed by atoms with Crippen LogP contribution in [0.2, 0.25) is 0 Å². The van der Waals surface area contributed by atoms with Gasteiger partial charge in [-0.3, -0.25) is 9.59 Å². The topological polar surface area (TPSA) is 71.2 Å². The van der Waals surface area contributed by atoms with E-state index in [4.69, 9.17) is 4.74 Å². The van der Waals surface area contributed by atoms with Crippen molar-refractivity contribution in [3.63, 3.8) is 0 Å². The number of anilines is 1. The van der Waals surface area contributed by atoms with E-state index in [2.05, 4.69) is 10.3 Å². The van der Waals surface area contributed by atoms with Crippen LogP contribution in [0, 0.1) is 6.92 Å². The van der Waals surface area contributed by atoms with E-state index in [1.165, 1.54) is 0 Å². The lowest BCUT2D eigenvalue weighted by atomic mass is 10.1. The summed E-state index contributed by atoms with van der Waals surface area (Å²) in [5, 5.41) is 3.65. The zero-order valence-corrected chi connectivity index (χ0v) is 18.7. The highest BCUT2D eigenvalue weighted by Crippen LogP contribution is 2.30. The molecule has 0 bridgehead atoms. The minimum absolute atomic E-state index is 0.00604. The van der Waals surface area contributed by atoms with Crippen molar-refractivity contribution in [2.45, 2.75) is 30.6 Å². The second-order valence-corrected chi connectivity index (χ2v) is 8.52. The van der Waals surface area contributed by atoms with E-state index in [-0.39, 0.29) is 11.3 Å². The van der Waals surface area contributed by atoms with Gasteiger partial charge in [0.25, 0.3) is 5.91 Å². The van der Waals surface area contributed by atoms with Gasteiger partial charge in [0.05, 0.1) is 11.2 Å². The molecule has 1 heterocycles. The highest BCUT2D eigenvalue weighted by Gasteiger charge is 2.16. The molecule has 3 aromatic carbocycles. The third kappa shape index (κ3) is 5.03. The monoisotopic (exact) mass is 444 g/mol. The van der Waals surface area contributed by atoms with Gasteiger partial charge in [-0.1, -0.05) is 42.5 Å². The summed E-state index contributed by atoms with van der Waals surface area (Å²) >= 11 is 1.56. The molecule has 4 aromatic rings. The van der Waals surface area contributed by atoms with Gasteiger partial charge >= 0.3 is 0 Å². The molecule has 0 saturated heterocycles. The molecule has 5 nitrogen and oxygen atoms in total. The van der Waals surface area contributed by atoms with Crippen molar-refractivity contribution in [1.29, 1.82) is 0 Å². The summed E-state index contributed by atoms with van der Waals surface area (Å²) in [4.78, 5) is 29.5. The number of carbonyl (C=O) groups excluding carboxylic acids is 1. The van der Waals surface area contributed by atoms with E-state index in [9.17, 15) is 9.59 Å². The molecule has 0 aliphatic carbocycles. The molecular formula is C26H24N2O3S.